The molecule has 0 aromatic heterocycles. The average molecular weight is 613 g/mol. The van der Waals surface area contributed by atoms with Crippen molar-refractivity contribution in [1.82, 2.24) is 15.5 Å². The molecule has 3 aliphatic rings. The van der Waals surface area contributed by atoms with Crippen LogP contribution in [0.5, 0.6) is 5.75 Å². The van der Waals surface area contributed by atoms with Crippen molar-refractivity contribution in [3.63, 3.8) is 0 Å². The lowest BCUT2D eigenvalue weighted by molar-refractivity contribution is -0.181. The molecule has 0 saturated heterocycles. The lowest BCUT2D eigenvalue weighted by Crippen LogP contribution is -2.74. The monoisotopic (exact) mass is 612 g/mol. The Labute approximate surface area is 259 Å². The lowest BCUT2D eigenvalue weighted by atomic mass is 9.52. The van der Waals surface area contributed by atoms with Gasteiger partial charge in [-0.1, -0.05) is 41.5 Å². The topological polar surface area (TPSA) is 179 Å². The maximum atomic E-state index is 14.3. The molecule has 44 heavy (non-hydrogen) atoms. The number of hydrogen-bond donors (Lipinski definition) is 5. The molecular weight excluding hydrogens is 564 g/mol. The number of carbonyl (C=O) groups is 5. The van der Waals surface area contributed by atoms with Gasteiger partial charge >= 0.3 is 0 Å². The highest BCUT2D eigenvalue weighted by Gasteiger charge is 2.69. The fourth-order valence-electron chi connectivity index (χ4n) is 7.25. The Balaban J connectivity index is 1.81. The predicted octanol–water partition coefficient (Wildman–Crippen LogP) is 1.14. The van der Waals surface area contributed by atoms with E-state index in [1.807, 2.05) is 6.07 Å². The number of carbonyl (C=O) groups excluding carboxylic acids is 5. The molecule has 0 aliphatic heterocycles. The fourth-order valence-corrected chi connectivity index (χ4v) is 7.25. The number of nitrogens with zero attached hydrogens (tertiary/aromatic N) is 1. The van der Waals surface area contributed by atoms with E-state index in [1.54, 1.807) is 14.1 Å². The summed E-state index contributed by atoms with van der Waals surface area (Å²) in [4.78, 5) is 69.0. The summed E-state index contributed by atoms with van der Waals surface area (Å²) < 4.78 is 0. The molecule has 1 aromatic carbocycles. The largest absolute Gasteiger partial charge is 0.507 e. The van der Waals surface area contributed by atoms with Gasteiger partial charge < -0.3 is 26.6 Å². The Bertz CT molecular complexity index is 1390. The van der Waals surface area contributed by atoms with Gasteiger partial charge in [0.05, 0.1) is 17.5 Å². The number of ketones is 4. The summed E-state index contributed by atoms with van der Waals surface area (Å²) in [6.07, 6.45) is 0.260. The van der Waals surface area contributed by atoms with Crippen LogP contribution in [0.25, 0.3) is 0 Å². The van der Waals surface area contributed by atoms with Gasteiger partial charge in [-0.15, -0.1) is 0 Å². The first-order chi connectivity index (χ1) is 20.2. The van der Waals surface area contributed by atoms with Crippen molar-refractivity contribution in [2.24, 2.45) is 40.2 Å². The van der Waals surface area contributed by atoms with Crippen LogP contribution in [0.3, 0.4) is 0 Å². The second kappa shape index (κ2) is 11.7. The number of likely N-dealkylation sites (N-methyl/N-ethyl adjacent to an activating group) is 1. The molecule has 1 amide bonds. The van der Waals surface area contributed by atoms with Crippen LogP contribution in [0.4, 0.5) is 0 Å². The van der Waals surface area contributed by atoms with Crippen LogP contribution in [0, 0.1) is 34.5 Å². The van der Waals surface area contributed by atoms with Crippen molar-refractivity contribution in [1.29, 1.82) is 0 Å². The van der Waals surface area contributed by atoms with E-state index in [0.717, 1.165) is 5.56 Å². The van der Waals surface area contributed by atoms with E-state index in [-0.39, 0.29) is 41.5 Å². The molecular formula is C33H48N4O7. The van der Waals surface area contributed by atoms with Gasteiger partial charge in [0.1, 0.15) is 5.75 Å². The molecule has 1 aromatic rings. The second-order valence-electron chi connectivity index (χ2n) is 15.5. The number of benzene rings is 1. The molecule has 4 rings (SSSR count). The van der Waals surface area contributed by atoms with Crippen molar-refractivity contribution in [3.8, 4) is 5.75 Å². The third-order valence-electron chi connectivity index (χ3n) is 9.17. The molecule has 6 atom stereocenters. The van der Waals surface area contributed by atoms with E-state index in [4.69, 9.17) is 5.73 Å². The lowest BCUT2D eigenvalue weighted by Gasteiger charge is -2.52. The van der Waals surface area contributed by atoms with Gasteiger partial charge in [0.15, 0.2) is 34.7 Å². The van der Waals surface area contributed by atoms with Crippen LogP contribution >= 0.6 is 0 Å². The van der Waals surface area contributed by atoms with Crippen molar-refractivity contribution >= 4 is 29.0 Å². The number of primary amides is 1. The van der Waals surface area contributed by atoms with Crippen molar-refractivity contribution in [2.75, 3.05) is 27.2 Å². The van der Waals surface area contributed by atoms with Gasteiger partial charge in [-0.3, -0.25) is 28.9 Å². The number of fused-ring (bicyclic) bond motifs is 3. The van der Waals surface area contributed by atoms with E-state index < -0.39 is 64.4 Å². The quantitative estimate of drug-likeness (QED) is 0.267. The predicted molar refractivity (Wildman–Crippen MR) is 164 cm³/mol. The van der Waals surface area contributed by atoms with Gasteiger partial charge in [0.2, 0.25) is 5.91 Å². The number of nitrogens with two attached hydrogens (primary N) is 1. The van der Waals surface area contributed by atoms with E-state index in [2.05, 4.69) is 52.2 Å². The Hall–Kier alpha value is -2.99. The highest BCUT2D eigenvalue weighted by molar-refractivity contribution is 6.32. The summed E-state index contributed by atoms with van der Waals surface area (Å²) in [6.45, 7) is 14.6. The molecule has 0 heterocycles. The normalized spacial score (nSPS) is 29.0. The third-order valence-corrected chi connectivity index (χ3v) is 9.17. The second-order valence-corrected chi connectivity index (χ2v) is 15.5. The maximum Gasteiger partial charge on any atom is 0.235 e. The molecule has 0 bridgehead atoms. The average Bonchev–Trinajstić information content (AvgIpc) is 2.86. The SMILES string of the molecule is CN(C)C1C(=O)C(C(N)=O)C(=O)[C@@]2(O)C(=O)C3C(=O)c4c(O)c(CNCC(C)(C)C)cc(CNCC(C)(C)C)c4C[C@H]3C[C@@H]12. The highest BCUT2D eigenvalue weighted by Crippen LogP contribution is 2.51. The van der Waals surface area contributed by atoms with Crippen molar-refractivity contribution in [3.05, 3.63) is 28.3 Å². The number of phenols is 1. The summed E-state index contributed by atoms with van der Waals surface area (Å²) in [7, 11) is 3.14. The molecule has 11 heteroatoms. The summed E-state index contributed by atoms with van der Waals surface area (Å²) >= 11 is 0. The van der Waals surface area contributed by atoms with Gasteiger partial charge in [-0.2, -0.15) is 0 Å². The van der Waals surface area contributed by atoms with Gasteiger partial charge in [0.25, 0.3) is 0 Å². The van der Waals surface area contributed by atoms with Crippen LogP contribution in [-0.2, 0) is 38.7 Å². The van der Waals surface area contributed by atoms with E-state index in [0.29, 0.717) is 30.8 Å². The minimum Gasteiger partial charge on any atom is -0.507 e. The number of aliphatic hydroxyl groups is 1. The molecule has 242 valence electrons. The van der Waals surface area contributed by atoms with Crippen LogP contribution < -0.4 is 16.4 Å². The zero-order valence-corrected chi connectivity index (χ0v) is 27.2. The number of aromatic hydroxyl groups is 1. The first-order valence-electron chi connectivity index (χ1n) is 15.3. The van der Waals surface area contributed by atoms with Gasteiger partial charge in [-0.05, 0) is 60.9 Å². The molecule has 0 spiro atoms. The molecule has 2 fully saturated rings. The van der Waals surface area contributed by atoms with E-state index in [1.165, 1.54) is 4.90 Å². The first-order valence-corrected chi connectivity index (χ1v) is 15.3. The number of phenolic OH excluding ortho intramolecular Hbond substituents is 1. The molecule has 3 unspecified atom stereocenters. The Kier molecular flexibility index (Phi) is 9.04. The van der Waals surface area contributed by atoms with Crippen molar-refractivity contribution < 1.29 is 34.2 Å². The number of Topliss-reactive ketones (excluding diaryl/α,β-unsaturated/α-hetero) is 4. The number of nitrogens with one attached hydrogen (secondary N) is 2. The van der Waals surface area contributed by atoms with Crippen LogP contribution in [0.15, 0.2) is 6.07 Å². The standard InChI is InChI=1S/C33H48N4O7/c1-31(2,3)14-35-12-17-9-18(13-36-15-32(4,5)6)25(38)22-19(17)10-16-11-20-24(37(7)8)27(40)23(30(34)43)29(42)33(20,44)28(41)21(16)26(22)39/h9,16,20-21,23-24,35-36,38,44H,10-15H2,1-8H3,(H2,34,43)/t16-,20-,21?,23?,24?,33-/m0/s1. The third kappa shape index (κ3) is 5.99. The van der Waals surface area contributed by atoms with Crippen LogP contribution in [0.1, 0.15) is 75.0 Å². The zero-order chi connectivity index (χ0) is 33.1. The fraction of sp³-hybridized carbons (Fsp3) is 0.667. The highest BCUT2D eigenvalue weighted by atomic mass is 16.3. The van der Waals surface area contributed by atoms with Crippen molar-refractivity contribution in [2.45, 2.75) is 79.1 Å². The molecule has 0 radical (unpaired) electrons. The minimum absolute atomic E-state index is 0.000739. The first kappa shape index (κ1) is 33.9. The Morgan fingerprint density at radius 1 is 0.977 bits per heavy atom. The Morgan fingerprint density at radius 2 is 1.52 bits per heavy atom. The van der Waals surface area contributed by atoms with E-state index in [9.17, 15) is 34.2 Å². The smallest absolute Gasteiger partial charge is 0.235 e. The molecule has 11 nitrogen and oxygen atoms in total. The molecule has 6 N–H and O–H groups in total. The van der Waals surface area contributed by atoms with Gasteiger partial charge in [-0.25, -0.2) is 0 Å². The minimum atomic E-state index is -2.74. The maximum absolute atomic E-state index is 14.3. The summed E-state index contributed by atoms with van der Waals surface area (Å²) in [5.74, 6) is -10.4. The number of hydrogen-bond acceptors (Lipinski definition) is 10. The van der Waals surface area contributed by atoms with E-state index >= 15 is 0 Å². The van der Waals surface area contributed by atoms with Gasteiger partial charge in [0, 0.05) is 37.7 Å². The summed E-state index contributed by atoms with van der Waals surface area (Å²) in [6, 6.07) is 0.760. The number of amides is 1. The van der Waals surface area contributed by atoms with Crippen LogP contribution in [0.2, 0.25) is 0 Å². The zero-order valence-electron chi connectivity index (χ0n) is 27.2. The Morgan fingerprint density at radius 3 is 2.02 bits per heavy atom. The number of rotatable bonds is 8. The molecule has 2 saturated carbocycles. The summed E-state index contributed by atoms with van der Waals surface area (Å²) in [5.41, 5.74) is 4.63. The summed E-state index contributed by atoms with van der Waals surface area (Å²) in [5, 5.41) is 30.1. The molecule has 3 aliphatic carbocycles. The van der Waals surface area contributed by atoms with Crippen LogP contribution in [-0.4, -0.2) is 83.0 Å².